The van der Waals surface area contributed by atoms with Crippen LogP contribution < -0.4 is 4.90 Å². The molecule has 0 bridgehead atoms. The Morgan fingerprint density at radius 3 is 2.72 bits per heavy atom. The lowest BCUT2D eigenvalue weighted by Crippen LogP contribution is -2.19. The van der Waals surface area contributed by atoms with Crippen LogP contribution >= 0.6 is 0 Å². The number of fused-ring (bicyclic) bond motifs is 1. The van der Waals surface area contributed by atoms with Crippen LogP contribution in [0.25, 0.3) is 10.9 Å². The summed E-state index contributed by atoms with van der Waals surface area (Å²) in [6.07, 6.45) is 3.80. The highest BCUT2D eigenvalue weighted by molar-refractivity contribution is 5.90. The highest BCUT2D eigenvalue weighted by Crippen LogP contribution is 2.28. The van der Waals surface area contributed by atoms with Crippen LogP contribution in [0.5, 0.6) is 0 Å². The van der Waals surface area contributed by atoms with Gasteiger partial charge in [-0.3, -0.25) is 10.1 Å². The van der Waals surface area contributed by atoms with Crippen LogP contribution in [0.1, 0.15) is 12.8 Å². The predicted molar refractivity (Wildman–Crippen MR) is 67.6 cm³/mol. The first kappa shape index (κ1) is 10.9. The molecule has 1 aliphatic rings. The van der Waals surface area contributed by atoms with Crippen molar-refractivity contribution in [3.63, 3.8) is 0 Å². The number of aromatic nitrogens is 2. The zero-order valence-corrected chi connectivity index (χ0v) is 9.74. The van der Waals surface area contributed by atoms with Gasteiger partial charge in [0.15, 0.2) is 0 Å². The molecular formula is C12H12N4O2. The summed E-state index contributed by atoms with van der Waals surface area (Å²) >= 11 is 0. The maximum Gasteiger partial charge on any atom is 0.271 e. The molecule has 0 aliphatic carbocycles. The van der Waals surface area contributed by atoms with Crippen molar-refractivity contribution >= 4 is 22.4 Å². The molecule has 0 radical (unpaired) electrons. The van der Waals surface area contributed by atoms with Gasteiger partial charge < -0.3 is 4.90 Å². The van der Waals surface area contributed by atoms with Gasteiger partial charge in [-0.05, 0) is 18.9 Å². The second-order valence-corrected chi connectivity index (χ2v) is 4.35. The third kappa shape index (κ3) is 1.75. The van der Waals surface area contributed by atoms with E-state index < -0.39 is 4.92 Å². The number of hydrogen-bond acceptors (Lipinski definition) is 5. The molecule has 18 heavy (non-hydrogen) atoms. The number of benzene rings is 1. The van der Waals surface area contributed by atoms with Crippen LogP contribution in [-0.2, 0) is 0 Å². The fourth-order valence-electron chi connectivity index (χ4n) is 2.33. The maximum absolute atomic E-state index is 10.7. The molecule has 6 heteroatoms. The van der Waals surface area contributed by atoms with Crippen molar-refractivity contribution in [1.29, 1.82) is 0 Å². The number of nitro benzene ring substituents is 1. The van der Waals surface area contributed by atoms with Crippen LogP contribution in [0.4, 0.5) is 11.5 Å². The van der Waals surface area contributed by atoms with E-state index in [0.29, 0.717) is 5.52 Å². The first-order valence-electron chi connectivity index (χ1n) is 5.90. The second-order valence-electron chi connectivity index (χ2n) is 4.35. The zero-order chi connectivity index (χ0) is 12.5. The molecule has 1 fully saturated rings. The van der Waals surface area contributed by atoms with E-state index in [4.69, 9.17) is 0 Å². The first-order valence-corrected chi connectivity index (χ1v) is 5.90. The van der Waals surface area contributed by atoms with E-state index in [0.717, 1.165) is 24.3 Å². The Kier molecular flexibility index (Phi) is 2.55. The minimum Gasteiger partial charge on any atom is -0.356 e. The lowest BCUT2D eigenvalue weighted by Gasteiger charge is -2.17. The lowest BCUT2D eigenvalue weighted by molar-refractivity contribution is -0.384. The second kappa shape index (κ2) is 4.21. The standard InChI is InChI=1S/C12H12N4O2/c17-16(18)9-3-4-10-11(7-9)13-8-14-12(10)15-5-1-2-6-15/h3-4,7-8H,1-2,5-6H2. The van der Waals surface area contributed by atoms with Crippen LogP contribution in [-0.4, -0.2) is 28.0 Å². The van der Waals surface area contributed by atoms with Crippen LogP contribution in [0, 0.1) is 10.1 Å². The smallest absolute Gasteiger partial charge is 0.271 e. The van der Waals surface area contributed by atoms with Crippen molar-refractivity contribution in [3.05, 3.63) is 34.6 Å². The Labute approximate surface area is 103 Å². The molecule has 1 saturated heterocycles. The van der Waals surface area contributed by atoms with Gasteiger partial charge in [0.05, 0.1) is 10.4 Å². The molecule has 92 valence electrons. The van der Waals surface area contributed by atoms with Gasteiger partial charge in [0.2, 0.25) is 0 Å². The highest BCUT2D eigenvalue weighted by Gasteiger charge is 2.17. The summed E-state index contributed by atoms with van der Waals surface area (Å²) in [6, 6.07) is 4.74. The molecule has 0 atom stereocenters. The summed E-state index contributed by atoms with van der Waals surface area (Å²) < 4.78 is 0. The van der Waals surface area contributed by atoms with Crippen molar-refractivity contribution < 1.29 is 4.92 Å². The van der Waals surface area contributed by atoms with E-state index in [2.05, 4.69) is 14.9 Å². The van der Waals surface area contributed by atoms with Crippen LogP contribution in [0.2, 0.25) is 0 Å². The van der Waals surface area contributed by atoms with Gasteiger partial charge in [-0.1, -0.05) is 0 Å². The minimum atomic E-state index is -0.406. The molecule has 1 aliphatic heterocycles. The Morgan fingerprint density at radius 1 is 1.22 bits per heavy atom. The topological polar surface area (TPSA) is 72.2 Å². The zero-order valence-electron chi connectivity index (χ0n) is 9.74. The largest absolute Gasteiger partial charge is 0.356 e. The monoisotopic (exact) mass is 244 g/mol. The SMILES string of the molecule is O=[N+]([O-])c1ccc2c(N3CCCC3)ncnc2c1. The molecule has 0 spiro atoms. The number of non-ortho nitro benzene ring substituents is 1. The average molecular weight is 244 g/mol. The van der Waals surface area contributed by atoms with E-state index in [-0.39, 0.29) is 5.69 Å². The van der Waals surface area contributed by atoms with Crippen LogP contribution in [0.15, 0.2) is 24.5 Å². The van der Waals surface area contributed by atoms with Crippen molar-refractivity contribution in [1.82, 2.24) is 9.97 Å². The number of anilines is 1. The maximum atomic E-state index is 10.7. The molecule has 0 unspecified atom stereocenters. The Morgan fingerprint density at radius 2 is 2.00 bits per heavy atom. The Balaban J connectivity index is 2.13. The van der Waals surface area contributed by atoms with E-state index in [1.54, 1.807) is 6.07 Å². The summed E-state index contributed by atoms with van der Waals surface area (Å²) in [4.78, 5) is 21.0. The van der Waals surface area contributed by atoms with Gasteiger partial charge in [-0.15, -0.1) is 0 Å². The van der Waals surface area contributed by atoms with Gasteiger partial charge in [-0.25, -0.2) is 9.97 Å². The predicted octanol–water partition coefficient (Wildman–Crippen LogP) is 2.14. The number of nitro groups is 1. The van der Waals surface area contributed by atoms with Crippen molar-refractivity contribution in [3.8, 4) is 0 Å². The van der Waals surface area contributed by atoms with Crippen LogP contribution in [0.3, 0.4) is 0 Å². The molecule has 2 heterocycles. The van der Waals surface area contributed by atoms with Crippen molar-refractivity contribution in [2.75, 3.05) is 18.0 Å². The molecule has 2 aromatic rings. The fourth-order valence-corrected chi connectivity index (χ4v) is 2.33. The van der Waals surface area contributed by atoms with Gasteiger partial charge in [0, 0.05) is 30.6 Å². The molecule has 0 saturated carbocycles. The normalized spacial score (nSPS) is 15.2. The van der Waals surface area contributed by atoms with E-state index in [9.17, 15) is 10.1 Å². The summed E-state index contributed by atoms with van der Waals surface area (Å²) in [6.45, 7) is 1.98. The van der Waals surface area contributed by atoms with Gasteiger partial charge in [-0.2, -0.15) is 0 Å². The van der Waals surface area contributed by atoms with Crippen molar-refractivity contribution in [2.24, 2.45) is 0 Å². The summed E-state index contributed by atoms with van der Waals surface area (Å²) in [5, 5.41) is 11.6. The van der Waals surface area contributed by atoms with E-state index >= 15 is 0 Å². The molecule has 1 aromatic heterocycles. The third-order valence-corrected chi connectivity index (χ3v) is 3.22. The summed E-state index contributed by atoms with van der Waals surface area (Å²) in [7, 11) is 0. The van der Waals surface area contributed by atoms with E-state index in [1.807, 2.05) is 0 Å². The summed E-state index contributed by atoms with van der Waals surface area (Å²) in [5.74, 6) is 0.882. The lowest BCUT2D eigenvalue weighted by atomic mass is 10.2. The molecule has 1 aromatic carbocycles. The average Bonchev–Trinajstić information content (AvgIpc) is 2.91. The molecule has 0 amide bonds. The highest BCUT2D eigenvalue weighted by atomic mass is 16.6. The Hall–Kier alpha value is -2.24. The van der Waals surface area contributed by atoms with Crippen molar-refractivity contribution in [2.45, 2.75) is 12.8 Å². The third-order valence-electron chi connectivity index (χ3n) is 3.22. The Bertz CT molecular complexity index is 608. The quantitative estimate of drug-likeness (QED) is 0.597. The summed E-state index contributed by atoms with van der Waals surface area (Å²) in [5.41, 5.74) is 0.690. The first-order chi connectivity index (χ1) is 8.75. The molecular weight excluding hydrogens is 232 g/mol. The van der Waals surface area contributed by atoms with Gasteiger partial charge in [0.25, 0.3) is 5.69 Å². The molecule has 6 nitrogen and oxygen atoms in total. The number of nitrogens with zero attached hydrogens (tertiary/aromatic N) is 4. The fraction of sp³-hybridized carbons (Fsp3) is 0.333. The number of rotatable bonds is 2. The van der Waals surface area contributed by atoms with Gasteiger partial charge >= 0.3 is 0 Å². The molecule has 0 N–H and O–H groups in total. The van der Waals surface area contributed by atoms with Gasteiger partial charge in [0.1, 0.15) is 12.1 Å². The minimum absolute atomic E-state index is 0.0635. The van der Waals surface area contributed by atoms with E-state index in [1.165, 1.54) is 31.3 Å². The number of hydrogen-bond donors (Lipinski definition) is 0. The molecule has 3 rings (SSSR count).